The molecular formula is C21H22N6O3. The second-order valence-electron chi connectivity index (χ2n) is 6.75. The van der Waals surface area contributed by atoms with E-state index in [-0.39, 0.29) is 5.91 Å². The molecule has 1 amide bonds. The molecule has 4 aromatic rings. The fraction of sp³-hybridized carbons (Fsp3) is 0.286. The highest BCUT2D eigenvalue weighted by atomic mass is 16.5. The van der Waals surface area contributed by atoms with Crippen LogP contribution in [0.1, 0.15) is 30.6 Å². The largest absolute Gasteiger partial charge is 0.497 e. The number of nitrogens with one attached hydrogen (secondary N) is 1. The van der Waals surface area contributed by atoms with E-state index in [4.69, 9.17) is 9.26 Å². The molecule has 0 aliphatic heterocycles. The number of hydrogen-bond donors (Lipinski definition) is 1. The van der Waals surface area contributed by atoms with Crippen molar-refractivity contribution in [1.82, 2.24) is 30.1 Å². The van der Waals surface area contributed by atoms with Gasteiger partial charge in [-0.25, -0.2) is 0 Å². The summed E-state index contributed by atoms with van der Waals surface area (Å²) in [6, 6.07) is 11.4. The van der Waals surface area contributed by atoms with Crippen LogP contribution in [0.2, 0.25) is 0 Å². The fourth-order valence-electron chi connectivity index (χ4n) is 3.02. The summed E-state index contributed by atoms with van der Waals surface area (Å²) < 4.78 is 12.2. The van der Waals surface area contributed by atoms with Crippen LogP contribution in [0, 0.1) is 0 Å². The van der Waals surface area contributed by atoms with Crippen molar-refractivity contribution in [1.29, 1.82) is 0 Å². The van der Waals surface area contributed by atoms with Gasteiger partial charge >= 0.3 is 0 Å². The summed E-state index contributed by atoms with van der Waals surface area (Å²) in [5.41, 5.74) is 2.50. The minimum absolute atomic E-state index is 0.0443. The predicted octanol–water partition coefficient (Wildman–Crippen LogP) is 2.60. The first-order valence-corrected chi connectivity index (χ1v) is 9.72. The van der Waals surface area contributed by atoms with E-state index in [1.54, 1.807) is 7.11 Å². The van der Waals surface area contributed by atoms with Gasteiger partial charge in [0.1, 0.15) is 5.75 Å². The van der Waals surface area contributed by atoms with E-state index in [0.717, 1.165) is 16.9 Å². The van der Waals surface area contributed by atoms with E-state index >= 15 is 0 Å². The summed E-state index contributed by atoms with van der Waals surface area (Å²) in [6.07, 6.45) is 3.59. The van der Waals surface area contributed by atoms with Crippen molar-refractivity contribution in [3.8, 4) is 17.2 Å². The zero-order valence-electron chi connectivity index (χ0n) is 16.8. The first-order chi connectivity index (χ1) is 14.7. The predicted molar refractivity (Wildman–Crippen MR) is 109 cm³/mol. The molecule has 0 radical (unpaired) electrons. The maximum Gasteiger partial charge on any atom is 0.258 e. The molecular weight excluding hydrogens is 384 g/mol. The Morgan fingerprint density at radius 3 is 2.77 bits per heavy atom. The van der Waals surface area contributed by atoms with Crippen molar-refractivity contribution in [2.24, 2.45) is 0 Å². The zero-order chi connectivity index (χ0) is 20.9. The Bertz CT molecular complexity index is 1150. The third-order valence-electron chi connectivity index (χ3n) is 4.76. The topological polar surface area (TPSA) is 107 Å². The Hall–Kier alpha value is -3.75. The molecule has 1 aromatic carbocycles. The number of methoxy groups -OCH3 is 1. The number of hydrogen-bond acceptors (Lipinski definition) is 7. The molecule has 30 heavy (non-hydrogen) atoms. The minimum atomic E-state index is -0.0443. The number of pyridine rings is 1. The van der Waals surface area contributed by atoms with Gasteiger partial charge in [-0.3, -0.25) is 9.20 Å². The van der Waals surface area contributed by atoms with Crippen LogP contribution in [0.25, 0.3) is 17.1 Å². The maximum atomic E-state index is 12.2. The van der Waals surface area contributed by atoms with Crippen molar-refractivity contribution >= 4 is 11.6 Å². The van der Waals surface area contributed by atoms with Crippen LogP contribution in [0.15, 0.2) is 47.1 Å². The van der Waals surface area contributed by atoms with Gasteiger partial charge in [0.05, 0.1) is 13.7 Å². The lowest BCUT2D eigenvalue weighted by molar-refractivity contribution is -0.121. The molecule has 0 unspecified atom stereocenters. The molecule has 0 spiro atoms. The molecule has 0 aliphatic rings. The van der Waals surface area contributed by atoms with Crippen LogP contribution >= 0.6 is 0 Å². The average molecular weight is 406 g/mol. The molecule has 3 aromatic heterocycles. The number of carbonyl (C=O) groups excluding carboxylic acids is 1. The Labute approximate surface area is 173 Å². The highest BCUT2D eigenvalue weighted by molar-refractivity contribution is 5.76. The Morgan fingerprint density at radius 2 is 2.03 bits per heavy atom. The zero-order valence-corrected chi connectivity index (χ0v) is 16.8. The van der Waals surface area contributed by atoms with Gasteiger partial charge in [-0.15, -0.1) is 10.2 Å². The summed E-state index contributed by atoms with van der Waals surface area (Å²) >= 11 is 0. The molecule has 0 fully saturated rings. The van der Waals surface area contributed by atoms with E-state index in [1.807, 2.05) is 53.9 Å². The number of nitrogens with zero attached hydrogens (tertiary/aromatic N) is 5. The van der Waals surface area contributed by atoms with Crippen LogP contribution in [-0.2, 0) is 24.2 Å². The molecule has 1 N–H and O–H groups in total. The molecule has 0 aliphatic carbocycles. The first-order valence-electron chi connectivity index (χ1n) is 9.72. The SMILES string of the molecule is CCc1noc(-c2ccn3c(CNC(=O)CCc4ccc(OC)cc4)nnc3c2)n1. The van der Waals surface area contributed by atoms with E-state index in [2.05, 4.69) is 25.7 Å². The lowest BCUT2D eigenvalue weighted by atomic mass is 10.1. The highest BCUT2D eigenvalue weighted by Crippen LogP contribution is 2.19. The lowest BCUT2D eigenvalue weighted by Crippen LogP contribution is -2.24. The summed E-state index contributed by atoms with van der Waals surface area (Å²) in [7, 11) is 1.63. The Kier molecular flexibility index (Phi) is 5.69. The van der Waals surface area contributed by atoms with Crippen LogP contribution in [0.3, 0.4) is 0 Å². The summed E-state index contributed by atoms with van der Waals surface area (Å²) in [4.78, 5) is 16.5. The number of benzene rings is 1. The van der Waals surface area contributed by atoms with Crippen molar-refractivity contribution in [2.75, 3.05) is 7.11 Å². The molecule has 9 nitrogen and oxygen atoms in total. The third kappa shape index (κ3) is 4.29. The lowest BCUT2D eigenvalue weighted by Gasteiger charge is -2.06. The summed E-state index contributed by atoms with van der Waals surface area (Å²) in [5, 5.41) is 15.2. The second kappa shape index (κ2) is 8.73. The van der Waals surface area contributed by atoms with E-state index in [0.29, 0.717) is 49.0 Å². The minimum Gasteiger partial charge on any atom is -0.497 e. The van der Waals surface area contributed by atoms with E-state index in [1.165, 1.54) is 0 Å². The monoisotopic (exact) mass is 406 g/mol. The Morgan fingerprint density at radius 1 is 1.20 bits per heavy atom. The van der Waals surface area contributed by atoms with E-state index in [9.17, 15) is 4.79 Å². The normalized spacial score (nSPS) is 11.0. The maximum absolute atomic E-state index is 12.2. The van der Waals surface area contributed by atoms with Gasteiger partial charge in [0, 0.05) is 24.6 Å². The smallest absolute Gasteiger partial charge is 0.258 e. The number of amides is 1. The van der Waals surface area contributed by atoms with Gasteiger partial charge < -0.3 is 14.6 Å². The number of aryl methyl sites for hydroxylation is 2. The second-order valence-corrected chi connectivity index (χ2v) is 6.75. The molecule has 4 rings (SSSR count). The van der Waals surface area contributed by atoms with Crippen LogP contribution < -0.4 is 10.1 Å². The number of carbonyl (C=O) groups is 1. The average Bonchev–Trinajstić information content (AvgIpc) is 3.43. The first kappa shape index (κ1) is 19.6. The number of ether oxygens (including phenoxy) is 1. The molecule has 0 bridgehead atoms. The summed E-state index contributed by atoms with van der Waals surface area (Å²) in [6.45, 7) is 2.26. The van der Waals surface area contributed by atoms with Crippen LogP contribution in [0.5, 0.6) is 5.75 Å². The quantitative estimate of drug-likeness (QED) is 0.479. The molecule has 0 atom stereocenters. The summed E-state index contributed by atoms with van der Waals surface area (Å²) in [5.74, 6) is 2.51. The number of fused-ring (bicyclic) bond motifs is 1. The standard InChI is InChI=1S/C21H22N6O3/c1-3-17-23-21(30-26-17)15-10-11-27-18(12-15)24-25-19(27)13-22-20(28)9-6-14-4-7-16(29-2)8-5-14/h4-5,7-8,10-12H,3,6,9,13H2,1-2H3,(H,22,28). The van der Waals surface area contributed by atoms with Gasteiger partial charge in [0.2, 0.25) is 5.91 Å². The van der Waals surface area contributed by atoms with Crippen LogP contribution in [0.4, 0.5) is 0 Å². The van der Waals surface area contributed by atoms with E-state index < -0.39 is 0 Å². The van der Waals surface area contributed by atoms with Crippen LogP contribution in [-0.4, -0.2) is 37.8 Å². The van der Waals surface area contributed by atoms with Crippen molar-refractivity contribution in [3.05, 3.63) is 59.8 Å². The van der Waals surface area contributed by atoms with Gasteiger partial charge in [0.15, 0.2) is 17.3 Å². The Balaban J connectivity index is 1.36. The van der Waals surface area contributed by atoms with Crippen molar-refractivity contribution in [3.63, 3.8) is 0 Å². The molecule has 0 saturated heterocycles. The number of rotatable bonds is 8. The molecule has 0 saturated carbocycles. The van der Waals surface area contributed by atoms with Gasteiger partial charge in [-0.05, 0) is 36.2 Å². The van der Waals surface area contributed by atoms with Crippen molar-refractivity contribution in [2.45, 2.75) is 32.7 Å². The molecule has 9 heteroatoms. The van der Waals surface area contributed by atoms with Gasteiger partial charge in [-0.2, -0.15) is 4.98 Å². The fourth-order valence-corrected chi connectivity index (χ4v) is 3.02. The third-order valence-corrected chi connectivity index (χ3v) is 4.76. The van der Waals surface area contributed by atoms with Crippen molar-refractivity contribution < 1.29 is 14.1 Å². The van der Waals surface area contributed by atoms with Gasteiger partial charge in [0.25, 0.3) is 5.89 Å². The molecule has 3 heterocycles. The molecule has 154 valence electrons. The number of aromatic nitrogens is 5. The highest BCUT2D eigenvalue weighted by Gasteiger charge is 2.12. The van der Waals surface area contributed by atoms with Gasteiger partial charge in [-0.1, -0.05) is 24.2 Å².